The summed E-state index contributed by atoms with van der Waals surface area (Å²) in [6.45, 7) is 9.45. The molecule has 1 N–H and O–H groups in total. The average molecular weight is 314 g/mol. The fourth-order valence-corrected chi connectivity index (χ4v) is 4.65. The number of rotatable bonds is 1. The van der Waals surface area contributed by atoms with Gasteiger partial charge in [-0.05, 0) is 49.1 Å². The van der Waals surface area contributed by atoms with E-state index in [1.165, 1.54) is 0 Å². The molecule has 1 aliphatic carbocycles. The minimum Gasteiger partial charge on any atom is -0.331 e. The second-order valence-corrected chi connectivity index (χ2v) is 8.47. The summed E-state index contributed by atoms with van der Waals surface area (Å²) in [6, 6.07) is 7.69. The van der Waals surface area contributed by atoms with Crippen LogP contribution in [0.15, 0.2) is 24.3 Å². The molecular formula is C19H26N2O2. The van der Waals surface area contributed by atoms with Gasteiger partial charge < -0.3 is 10.2 Å². The smallest absolute Gasteiger partial charge is 0.313 e. The Balaban J connectivity index is 1.71. The van der Waals surface area contributed by atoms with Crippen LogP contribution in [0.25, 0.3) is 0 Å². The maximum Gasteiger partial charge on any atom is 0.313 e. The summed E-state index contributed by atoms with van der Waals surface area (Å²) in [5, 5.41) is 2.73. The molecule has 2 aliphatic rings. The van der Waals surface area contributed by atoms with Crippen LogP contribution >= 0.6 is 0 Å². The summed E-state index contributed by atoms with van der Waals surface area (Å²) < 4.78 is 0. The van der Waals surface area contributed by atoms with E-state index in [0.717, 1.165) is 24.8 Å². The lowest BCUT2D eigenvalue weighted by Gasteiger charge is -2.39. The van der Waals surface area contributed by atoms with Crippen molar-refractivity contribution >= 4 is 17.5 Å². The Morgan fingerprint density at radius 2 is 1.78 bits per heavy atom. The molecule has 4 heteroatoms. The van der Waals surface area contributed by atoms with Crippen LogP contribution in [0.5, 0.6) is 0 Å². The molecule has 3 rings (SSSR count). The monoisotopic (exact) mass is 314 g/mol. The van der Waals surface area contributed by atoms with Gasteiger partial charge in [0.25, 0.3) is 0 Å². The van der Waals surface area contributed by atoms with Gasteiger partial charge in [-0.1, -0.05) is 38.5 Å². The lowest BCUT2D eigenvalue weighted by molar-refractivity contribution is -0.144. The zero-order chi connectivity index (χ0) is 16.8. The van der Waals surface area contributed by atoms with Gasteiger partial charge in [0, 0.05) is 18.3 Å². The fraction of sp³-hybridized carbons (Fsp3) is 0.579. The van der Waals surface area contributed by atoms with Crippen LogP contribution < -0.4 is 5.32 Å². The van der Waals surface area contributed by atoms with Crippen LogP contribution in [0.2, 0.25) is 0 Å². The fourth-order valence-electron chi connectivity index (χ4n) is 4.65. The molecule has 1 heterocycles. The zero-order valence-electron chi connectivity index (χ0n) is 14.5. The molecule has 1 saturated carbocycles. The predicted molar refractivity (Wildman–Crippen MR) is 91.0 cm³/mol. The standard InChI is InChI=1S/C19H26N2O2/c1-13-5-7-14(8-6-13)20-16(22)17(23)21-12-19(4)10-15(21)9-18(2,3)11-19/h5-8,15H,9-12H2,1-4H3,(H,20,22). The second-order valence-electron chi connectivity index (χ2n) is 8.47. The molecule has 0 spiro atoms. The van der Waals surface area contributed by atoms with E-state index in [2.05, 4.69) is 26.1 Å². The molecule has 1 aliphatic heterocycles. The molecule has 2 fully saturated rings. The van der Waals surface area contributed by atoms with Crippen LogP contribution in [-0.4, -0.2) is 29.3 Å². The summed E-state index contributed by atoms with van der Waals surface area (Å²) >= 11 is 0. The highest BCUT2D eigenvalue weighted by Crippen LogP contribution is 2.52. The average Bonchev–Trinajstić information content (AvgIpc) is 2.69. The number of benzene rings is 1. The number of fused-ring (bicyclic) bond motifs is 2. The third-order valence-electron chi connectivity index (χ3n) is 5.18. The first-order chi connectivity index (χ1) is 10.7. The molecule has 0 aromatic heterocycles. The molecule has 23 heavy (non-hydrogen) atoms. The van der Waals surface area contributed by atoms with Crippen molar-refractivity contribution in [2.75, 3.05) is 11.9 Å². The highest BCUT2D eigenvalue weighted by molar-refractivity contribution is 6.39. The summed E-state index contributed by atoms with van der Waals surface area (Å²) in [5.74, 6) is -0.917. The first kappa shape index (κ1) is 16.0. The lowest BCUT2D eigenvalue weighted by Crippen LogP contribution is -2.43. The van der Waals surface area contributed by atoms with Crippen molar-refractivity contribution in [1.82, 2.24) is 4.90 Å². The summed E-state index contributed by atoms with van der Waals surface area (Å²) in [5.41, 5.74) is 2.17. The topological polar surface area (TPSA) is 49.4 Å². The van der Waals surface area contributed by atoms with Crippen molar-refractivity contribution in [2.45, 2.75) is 53.0 Å². The number of carbonyl (C=O) groups is 2. The normalized spacial score (nSPS) is 28.5. The third kappa shape index (κ3) is 3.26. The number of aryl methyl sites for hydroxylation is 1. The van der Waals surface area contributed by atoms with E-state index in [1.54, 1.807) is 4.90 Å². The van der Waals surface area contributed by atoms with Gasteiger partial charge in [-0.25, -0.2) is 0 Å². The van der Waals surface area contributed by atoms with Gasteiger partial charge in [0.1, 0.15) is 0 Å². The minimum absolute atomic E-state index is 0.145. The zero-order valence-corrected chi connectivity index (χ0v) is 14.5. The molecule has 4 nitrogen and oxygen atoms in total. The van der Waals surface area contributed by atoms with Crippen molar-refractivity contribution in [3.8, 4) is 0 Å². The number of carbonyl (C=O) groups excluding carboxylic acids is 2. The Kier molecular flexibility index (Phi) is 3.74. The van der Waals surface area contributed by atoms with Crippen LogP contribution in [0.3, 0.4) is 0 Å². The van der Waals surface area contributed by atoms with Gasteiger partial charge in [0.15, 0.2) is 0 Å². The van der Waals surface area contributed by atoms with E-state index >= 15 is 0 Å². The SMILES string of the molecule is Cc1ccc(NC(=O)C(=O)N2CC3(C)CC2CC(C)(C)C3)cc1. The van der Waals surface area contributed by atoms with Crippen molar-refractivity contribution in [3.05, 3.63) is 29.8 Å². The molecule has 124 valence electrons. The first-order valence-electron chi connectivity index (χ1n) is 8.36. The summed E-state index contributed by atoms with van der Waals surface area (Å²) in [7, 11) is 0. The number of nitrogens with zero attached hydrogens (tertiary/aromatic N) is 1. The van der Waals surface area contributed by atoms with Gasteiger partial charge in [-0.15, -0.1) is 0 Å². The van der Waals surface area contributed by atoms with Crippen molar-refractivity contribution < 1.29 is 9.59 Å². The predicted octanol–water partition coefficient (Wildman–Crippen LogP) is 3.36. The van der Waals surface area contributed by atoms with E-state index in [1.807, 2.05) is 31.2 Å². The Morgan fingerprint density at radius 1 is 1.13 bits per heavy atom. The number of likely N-dealkylation sites (tertiary alicyclic amines) is 1. The molecule has 2 atom stereocenters. The molecule has 0 radical (unpaired) electrons. The maximum absolute atomic E-state index is 12.6. The molecule has 1 aromatic rings. The Morgan fingerprint density at radius 3 is 2.43 bits per heavy atom. The van der Waals surface area contributed by atoms with Crippen LogP contribution in [0, 0.1) is 17.8 Å². The van der Waals surface area contributed by atoms with E-state index < -0.39 is 11.8 Å². The summed E-state index contributed by atoms with van der Waals surface area (Å²) in [4.78, 5) is 26.8. The van der Waals surface area contributed by atoms with E-state index in [9.17, 15) is 9.59 Å². The maximum atomic E-state index is 12.6. The Labute approximate surface area is 138 Å². The summed E-state index contributed by atoms with van der Waals surface area (Å²) in [6.07, 6.45) is 3.10. The minimum atomic E-state index is -0.525. The van der Waals surface area contributed by atoms with Gasteiger partial charge in [-0.3, -0.25) is 9.59 Å². The second kappa shape index (κ2) is 5.36. The van der Waals surface area contributed by atoms with Crippen molar-refractivity contribution in [2.24, 2.45) is 10.8 Å². The van der Waals surface area contributed by atoms with E-state index in [-0.39, 0.29) is 16.9 Å². The van der Waals surface area contributed by atoms with Gasteiger partial charge in [0.05, 0.1) is 0 Å². The third-order valence-corrected chi connectivity index (χ3v) is 5.18. The Bertz CT molecular complexity index is 635. The molecule has 1 aromatic carbocycles. The molecule has 2 unspecified atom stereocenters. The number of hydrogen-bond acceptors (Lipinski definition) is 2. The van der Waals surface area contributed by atoms with Crippen LogP contribution in [-0.2, 0) is 9.59 Å². The van der Waals surface area contributed by atoms with E-state index in [4.69, 9.17) is 0 Å². The number of amides is 2. The lowest BCUT2D eigenvalue weighted by atomic mass is 9.65. The highest BCUT2D eigenvalue weighted by atomic mass is 16.2. The van der Waals surface area contributed by atoms with Crippen molar-refractivity contribution in [3.63, 3.8) is 0 Å². The van der Waals surface area contributed by atoms with E-state index in [0.29, 0.717) is 12.2 Å². The molecule has 2 amide bonds. The number of hydrogen-bond donors (Lipinski definition) is 1. The Hall–Kier alpha value is -1.84. The molecule has 2 bridgehead atoms. The van der Waals surface area contributed by atoms with Gasteiger partial charge in [-0.2, -0.15) is 0 Å². The molecular weight excluding hydrogens is 288 g/mol. The largest absolute Gasteiger partial charge is 0.331 e. The van der Waals surface area contributed by atoms with Gasteiger partial charge in [0.2, 0.25) is 0 Å². The first-order valence-corrected chi connectivity index (χ1v) is 8.36. The van der Waals surface area contributed by atoms with Crippen molar-refractivity contribution in [1.29, 1.82) is 0 Å². The quantitative estimate of drug-likeness (QED) is 0.808. The highest BCUT2D eigenvalue weighted by Gasteiger charge is 2.51. The number of anilines is 1. The molecule has 1 saturated heterocycles. The number of nitrogens with one attached hydrogen (secondary N) is 1. The van der Waals surface area contributed by atoms with Crippen LogP contribution in [0.4, 0.5) is 5.69 Å². The van der Waals surface area contributed by atoms with Crippen LogP contribution in [0.1, 0.15) is 45.6 Å². The van der Waals surface area contributed by atoms with Gasteiger partial charge >= 0.3 is 11.8 Å².